The van der Waals surface area contributed by atoms with Gasteiger partial charge in [0.1, 0.15) is 0 Å². The Morgan fingerprint density at radius 1 is 1.42 bits per heavy atom. The molecule has 102 valence electrons. The maximum absolute atomic E-state index is 11.8. The molecule has 0 aromatic heterocycles. The summed E-state index contributed by atoms with van der Waals surface area (Å²) < 4.78 is 4.68. The zero-order valence-corrected chi connectivity index (χ0v) is 11.7. The number of rotatable bonds is 4. The topological polar surface area (TPSA) is 46.6 Å². The van der Waals surface area contributed by atoms with Crippen molar-refractivity contribution in [2.24, 2.45) is 0 Å². The van der Waals surface area contributed by atoms with Crippen LogP contribution in [0.15, 0.2) is 18.2 Å². The monoisotopic (exact) mass is 281 g/mol. The van der Waals surface area contributed by atoms with Crippen LogP contribution in [0.4, 0.5) is 0 Å². The quantitative estimate of drug-likeness (QED) is 0.482. The number of likely N-dealkylation sites (tertiary alicyclic amines) is 1. The van der Waals surface area contributed by atoms with Gasteiger partial charge in [-0.1, -0.05) is 23.7 Å². The second-order valence-corrected chi connectivity index (χ2v) is 5.11. The van der Waals surface area contributed by atoms with E-state index in [2.05, 4.69) is 9.64 Å². The van der Waals surface area contributed by atoms with Gasteiger partial charge < -0.3 is 9.64 Å². The van der Waals surface area contributed by atoms with Crippen molar-refractivity contribution in [2.45, 2.75) is 12.8 Å². The molecule has 0 spiro atoms. The molecule has 1 fully saturated rings. The van der Waals surface area contributed by atoms with Crippen molar-refractivity contribution in [3.8, 4) is 0 Å². The molecule has 0 aliphatic carbocycles. The molecular weight excluding hydrogens is 266 g/mol. The minimum atomic E-state index is -0.838. The number of ketones is 1. The number of hydrogen-bond acceptors (Lipinski definition) is 4. The van der Waals surface area contributed by atoms with Crippen LogP contribution in [0.1, 0.15) is 28.8 Å². The number of Topliss-reactive ketones (excluding diaryl/α,β-unsaturated/α-hetero) is 1. The maximum Gasteiger partial charge on any atom is 0.379 e. The SMILES string of the molecule is CCOC(=O)C(=O)c1ccc(C2CN(C)C2)c(Cl)c1. The number of ether oxygens (including phenoxy) is 1. The van der Waals surface area contributed by atoms with Gasteiger partial charge in [-0.2, -0.15) is 0 Å². The number of benzene rings is 1. The third-order valence-electron chi connectivity index (χ3n) is 3.23. The van der Waals surface area contributed by atoms with Crippen LogP contribution in [0.2, 0.25) is 5.02 Å². The first-order chi connectivity index (χ1) is 9.02. The molecule has 5 heteroatoms. The van der Waals surface area contributed by atoms with E-state index >= 15 is 0 Å². The summed E-state index contributed by atoms with van der Waals surface area (Å²) in [6, 6.07) is 5.01. The summed E-state index contributed by atoms with van der Waals surface area (Å²) in [5.41, 5.74) is 1.31. The van der Waals surface area contributed by atoms with Gasteiger partial charge in [0.15, 0.2) is 0 Å². The van der Waals surface area contributed by atoms with E-state index in [0.29, 0.717) is 10.9 Å². The Morgan fingerprint density at radius 3 is 2.63 bits per heavy atom. The second kappa shape index (κ2) is 5.72. The summed E-state index contributed by atoms with van der Waals surface area (Å²) in [6.45, 7) is 3.77. The van der Waals surface area contributed by atoms with Crippen LogP contribution in [0.25, 0.3) is 0 Å². The molecule has 1 aliphatic heterocycles. The number of likely N-dealkylation sites (N-methyl/N-ethyl adjacent to an activating group) is 1. The van der Waals surface area contributed by atoms with Crippen LogP contribution < -0.4 is 0 Å². The summed E-state index contributed by atoms with van der Waals surface area (Å²) in [4.78, 5) is 25.3. The van der Waals surface area contributed by atoms with Crippen molar-refractivity contribution in [2.75, 3.05) is 26.7 Å². The minimum Gasteiger partial charge on any atom is -0.460 e. The Balaban J connectivity index is 2.14. The number of carbonyl (C=O) groups excluding carboxylic acids is 2. The Kier molecular flexibility index (Phi) is 4.22. The molecule has 0 radical (unpaired) electrons. The van der Waals surface area contributed by atoms with Crippen LogP contribution in [0.5, 0.6) is 0 Å². The largest absolute Gasteiger partial charge is 0.460 e. The van der Waals surface area contributed by atoms with E-state index in [0.717, 1.165) is 18.7 Å². The number of halogens is 1. The highest BCUT2D eigenvalue weighted by atomic mass is 35.5. The van der Waals surface area contributed by atoms with Crippen molar-refractivity contribution in [1.82, 2.24) is 4.90 Å². The second-order valence-electron chi connectivity index (χ2n) is 4.70. The lowest BCUT2D eigenvalue weighted by Crippen LogP contribution is -2.41. The predicted molar refractivity (Wildman–Crippen MR) is 72.7 cm³/mol. The van der Waals surface area contributed by atoms with Crippen molar-refractivity contribution in [3.05, 3.63) is 34.3 Å². The van der Waals surface area contributed by atoms with E-state index < -0.39 is 11.8 Å². The molecule has 0 N–H and O–H groups in total. The smallest absolute Gasteiger partial charge is 0.379 e. The zero-order chi connectivity index (χ0) is 14.0. The molecule has 0 unspecified atom stereocenters. The Bertz CT molecular complexity index is 509. The predicted octanol–water partition coefficient (Wildman–Crippen LogP) is 2.11. The average Bonchev–Trinajstić information content (AvgIpc) is 2.35. The molecule has 0 saturated carbocycles. The molecular formula is C14H16ClNO3. The number of carbonyl (C=O) groups is 2. The average molecular weight is 282 g/mol. The highest BCUT2D eigenvalue weighted by Gasteiger charge is 2.27. The normalized spacial score (nSPS) is 15.9. The fourth-order valence-electron chi connectivity index (χ4n) is 2.21. The summed E-state index contributed by atoms with van der Waals surface area (Å²) in [5, 5.41) is 0.535. The molecule has 2 rings (SSSR count). The van der Waals surface area contributed by atoms with E-state index in [9.17, 15) is 9.59 Å². The van der Waals surface area contributed by atoms with Crippen LogP contribution in [-0.4, -0.2) is 43.4 Å². The summed E-state index contributed by atoms with van der Waals surface area (Å²) in [6.07, 6.45) is 0. The number of nitrogens with zero attached hydrogens (tertiary/aromatic N) is 1. The fourth-order valence-corrected chi connectivity index (χ4v) is 2.54. The molecule has 1 aromatic carbocycles. The maximum atomic E-state index is 11.8. The van der Waals surface area contributed by atoms with E-state index in [4.69, 9.17) is 11.6 Å². The lowest BCUT2D eigenvalue weighted by atomic mass is 9.91. The molecule has 0 amide bonds. The first-order valence-electron chi connectivity index (χ1n) is 6.22. The van der Waals surface area contributed by atoms with Crippen LogP contribution in [0.3, 0.4) is 0 Å². The molecule has 0 bridgehead atoms. The first kappa shape index (κ1) is 14.0. The van der Waals surface area contributed by atoms with E-state index in [1.807, 2.05) is 13.1 Å². The molecule has 1 heterocycles. The van der Waals surface area contributed by atoms with Crippen molar-refractivity contribution in [1.29, 1.82) is 0 Å². The molecule has 1 aliphatic rings. The molecule has 0 atom stereocenters. The van der Waals surface area contributed by atoms with Gasteiger partial charge in [0, 0.05) is 29.6 Å². The van der Waals surface area contributed by atoms with Gasteiger partial charge in [0.2, 0.25) is 0 Å². The Hall–Kier alpha value is -1.39. The van der Waals surface area contributed by atoms with E-state index in [1.165, 1.54) is 0 Å². The van der Waals surface area contributed by atoms with Crippen molar-refractivity contribution >= 4 is 23.4 Å². The zero-order valence-electron chi connectivity index (χ0n) is 11.0. The van der Waals surface area contributed by atoms with Crippen LogP contribution in [0, 0.1) is 0 Å². The van der Waals surface area contributed by atoms with Crippen LogP contribution >= 0.6 is 11.6 Å². The highest BCUT2D eigenvalue weighted by Crippen LogP contribution is 2.31. The number of esters is 1. The minimum absolute atomic E-state index is 0.185. The first-order valence-corrected chi connectivity index (χ1v) is 6.60. The fraction of sp³-hybridized carbons (Fsp3) is 0.429. The van der Waals surface area contributed by atoms with Gasteiger partial charge in [-0.3, -0.25) is 4.79 Å². The van der Waals surface area contributed by atoms with E-state index in [1.54, 1.807) is 19.1 Å². The third-order valence-corrected chi connectivity index (χ3v) is 3.55. The van der Waals surface area contributed by atoms with Gasteiger partial charge >= 0.3 is 5.97 Å². The van der Waals surface area contributed by atoms with Gasteiger partial charge in [-0.15, -0.1) is 0 Å². The van der Waals surface area contributed by atoms with Crippen molar-refractivity contribution in [3.63, 3.8) is 0 Å². The van der Waals surface area contributed by atoms with Gasteiger partial charge in [-0.25, -0.2) is 4.79 Å². The third kappa shape index (κ3) is 2.96. The Labute approximate surface area is 117 Å². The standard InChI is InChI=1S/C14H16ClNO3/c1-3-19-14(18)13(17)9-4-5-11(12(15)6-9)10-7-16(2)8-10/h4-6,10H,3,7-8H2,1-2H3. The summed E-state index contributed by atoms with van der Waals surface area (Å²) in [5.74, 6) is -1.08. The van der Waals surface area contributed by atoms with Crippen LogP contribution in [-0.2, 0) is 9.53 Å². The highest BCUT2D eigenvalue weighted by molar-refractivity contribution is 6.41. The number of hydrogen-bond donors (Lipinski definition) is 0. The summed E-state index contributed by atoms with van der Waals surface area (Å²) in [7, 11) is 2.04. The van der Waals surface area contributed by atoms with Gasteiger partial charge in [0.05, 0.1) is 6.61 Å². The molecule has 1 aromatic rings. The van der Waals surface area contributed by atoms with Gasteiger partial charge in [0.25, 0.3) is 5.78 Å². The lowest BCUT2D eigenvalue weighted by molar-refractivity contribution is -0.137. The molecule has 19 heavy (non-hydrogen) atoms. The molecule has 1 saturated heterocycles. The van der Waals surface area contributed by atoms with Crippen molar-refractivity contribution < 1.29 is 14.3 Å². The summed E-state index contributed by atoms with van der Waals surface area (Å²) >= 11 is 6.19. The lowest BCUT2D eigenvalue weighted by Gasteiger charge is -2.37. The van der Waals surface area contributed by atoms with E-state index in [-0.39, 0.29) is 12.2 Å². The Morgan fingerprint density at radius 2 is 2.11 bits per heavy atom. The van der Waals surface area contributed by atoms with Gasteiger partial charge in [-0.05, 0) is 25.6 Å². The molecule has 4 nitrogen and oxygen atoms in total.